The van der Waals surface area contributed by atoms with Gasteiger partial charge in [0.2, 0.25) is 0 Å². The van der Waals surface area contributed by atoms with Crippen LogP contribution in [0.5, 0.6) is 5.75 Å². The number of carbonyl (C=O) groups excluding carboxylic acids is 1. The second kappa shape index (κ2) is 8.07. The van der Waals surface area contributed by atoms with Crippen LogP contribution in [0.15, 0.2) is 24.3 Å². The second-order valence-electron chi connectivity index (χ2n) is 4.89. The fourth-order valence-electron chi connectivity index (χ4n) is 2.16. The summed E-state index contributed by atoms with van der Waals surface area (Å²) in [6.45, 7) is 3.91. The normalized spacial score (nSPS) is 21.7. The van der Waals surface area contributed by atoms with Gasteiger partial charge in [-0.15, -0.1) is 12.4 Å². The lowest BCUT2D eigenvalue weighted by Gasteiger charge is -2.30. The number of hydrogen-bond acceptors (Lipinski definition) is 3. The van der Waals surface area contributed by atoms with Gasteiger partial charge in [0.05, 0.1) is 0 Å². The first-order chi connectivity index (χ1) is 9.15. The van der Waals surface area contributed by atoms with E-state index in [0.29, 0.717) is 11.7 Å². The molecule has 6 heteroatoms. The van der Waals surface area contributed by atoms with E-state index in [1.165, 1.54) is 24.3 Å². The molecule has 1 fully saturated rings. The highest BCUT2D eigenvalue weighted by atomic mass is 35.5. The van der Waals surface area contributed by atoms with Gasteiger partial charge in [0.25, 0.3) is 5.91 Å². The third-order valence-corrected chi connectivity index (χ3v) is 3.32. The Hall–Kier alpha value is -1.33. The molecule has 4 nitrogen and oxygen atoms in total. The van der Waals surface area contributed by atoms with Crippen LogP contribution in [0.25, 0.3) is 0 Å². The first-order valence-electron chi connectivity index (χ1n) is 6.53. The lowest BCUT2D eigenvalue weighted by atomic mass is 9.95. The number of piperidine rings is 1. The zero-order valence-electron chi connectivity index (χ0n) is 11.4. The Morgan fingerprint density at radius 1 is 1.45 bits per heavy atom. The Balaban J connectivity index is 0.00000200. The van der Waals surface area contributed by atoms with Crippen LogP contribution in [0.3, 0.4) is 0 Å². The molecule has 0 radical (unpaired) electrons. The molecular formula is C14H20ClFN2O2. The molecule has 0 spiro atoms. The van der Waals surface area contributed by atoms with E-state index in [4.69, 9.17) is 4.74 Å². The first kappa shape index (κ1) is 16.7. The summed E-state index contributed by atoms with van der Waals surface area (Å²) in [6, 6.07) is 5.83. The van der Waals surface area contributed by atoms with Crippen LogP contribution >= 0.6 is 12.4 Å². The van der Waals surface area contributed by atoms with Crippen LogP contribution in [-0.4, -0.2) is 31.6 Å². The minimum absolute atomic E-state index is 0. The van der Waals surface area contributed by atoms with Crippen molar-refractivity contribution in [2.45, 2.75) is 19.4 Å². The van der Waals surface area contributed by atoms with Crippen LogP contribution < -0.4 is 15.4 Å². The number of halogens is 2. The van der Waals surface area contributed by atoms with E-state index >= 15 is 0 Å². The van der Waals surface area contributed by atoms with Crippen LogP contribution in [0.1, 0.15) is 13.3 Å². The maximum atomic E-state index is 12.7. The van der Waals surface area contributed by atoms with E-state index in [9.17, 15) is 9.18 Å². The quantitative estimate of drug-likeness (QED) is 0.891. The summed E-state index contributed by atoms with van der Waals surface area (Å²) in [6.07, 6.45) is 0.934. The molecule has 20 heavy (non-hydrogen) atoms. The first-order valence-corrected chi connectivity index (χ1v) is 6.53. The third kappa shape index (κ3) is 4.98. The Morgan fingerprint density at radius 3 is 2.80 bits per heavy atom. The molecule has 2 N–H and O–H groups in total. The number of ether oxygens (including phenoxy) is 1. The van der Waals surface area contributed by atoms with Crippen molar-refractivity contribution in [3.05, 3.63) is 30.1 Å². The van der Waals surface area contributed by atoms with Crippen molar-refractivity contribution in [1.29, 1.82) is 0 Å². The molecule has 1 aliphatic heterocycles. The van der Waals surface area contributed by atoms with Crippen molar-refractivity contribution >= 4 is 18.3 Å². The Kier molecular flexibility index (Phi) is 6.75. The molecule has 0 saturated carbocycles. The molecule has 1 heterocycles. The highest BCUT2D eigenvalue weighted by Gasteiger charge is 2.22. The zero-order chi connectivity index (χ0) is 13.7. The molecule has 0 bridgehead atoms. The minimum atomic E-state index is -0.319. The summed E-state index contributed by atoms with van der Waals surface area (Å²) in [5, 5.41) is 6.26. The Morgan fingerprint density at radius 2 is 2.15 bits per heavy atom. The largest absolute Gasteiger partial charge is 0.484 e. The molecule has 1 aromatic rings. The second-order valence-corrected chi connectivity index (χ2v) is 4.89. The molecule has 1 saturated heterocycles. The van der Waals surface area contributed by atoms with Gasteiger partial charge in [-0.25, -0.2) is 4.39 Å². The molecule has 1 aliphatic rings. The van der Waals surface area contributed by atoms with Crippen molar-refractivity contribution in [2.24, 2.45) is 5.92 Å². The maximum Gasteiger partial charge on any atom is 0.258 e. The molecule has 1 amide bonds. The van der Waals surface area contributed by atoms with Gasteiger partial charge in [0.1, 0.15) is 11.6 Å². The molecule has 2 atom stereocenters. The van der Waals surface area contributed by atoms with Gasteiger partial charge in [0, 0.05) is 6.04 Å². The fourth-order valence-corrected chi connectivity index (χ4v) is 2.16. The van der Waals surface area contributed by atoms with E-state index in [0.717, 1.165) is 19.5 Å². The summed E-state index contributed by atoms with van der Waals surface area (Å²) in [7, 11) is 0. The molecule has 2 rings (SSSR count). The number of nitrogens with one attached hydrogen (secondary N) is 2. The van der Waals surface area contributed by atoms with E-state index in [2.05, 4.69) is 17.6 Å². The Labute approximate surface area is 124 Å². The van der Waals surface area contributed by atoms with Gasteiger partial charge in [-0.3, -0.25) is 4.79 Å². The molecule has 2 unspecified atom stereocenters. The number of hydrogen-bond donors (Lipinski definition) is 2. The standard InChI is InChI=1S/C14H19FN2O2.ClH/c1-10-8-16-7-6-13(10)17-14(18)9-19-12-4-2-11(15)3-5-12;/h2-5,10,13,16H,6-9H2,1H3,(H,17,18);1H. The number of amides is 1. The maximum absolute atomic E-state index is 12.7. The Bertz CT molecular complexity index is 428. The highest BCUT2D eigenvalue weighted by molar-refractivity contribution is 5.85. The monoisotopic (exact) mass is 302 g/mol. The van der Waals surface area contributed by atoms with Crippen LogP contribution in [0.4, 0.5) is 4.39 Å². The van der Waals surface area contributed by atoms with Crippen molar-refractivity contribution in [3.8, 4) is 5.75 Å². The van der Waals surface area contributed by atoms with Gasteiger partial charge >= 0.3 is 0 Å². The number of carbonyl (C=O) groups is 1. The van der Waals surface area contributed by atoms with Crippen molar-refractivity contribution in [2.75, 3.05) is 19.7 Å². The third-order valence-electron chi connectivity index (χ3n) is 3.32. The van der Waals surface area contributed by atoms with Crippen molar-refractivity contribution < 1.29 is 13.9 Å². The van der Waals surface area contributed by atoms with E-state index in [1.807, 2.05) is 0 Å². The smallest absolute Gasteiger partial charge is 0.258 e. The fraction of sp³-hybridized carbons (Fsp3) is 0.500. The lowest BCUT2D eigenvalue weighted by Crippen LogP contribution is -2.49. The van der Waals surface area contributed by atoms with E-state index < -0.39 is 0 Å². The SMILES string of the molecule is CC1CNCCC1NC(=O)COc1ccc(F)cc1.Cl. The van der Waals surface area contributed by atoms with Crippen molar-refractivity contribution in [3.63, 3.8) is 0 Å². The van der Waals surface area contributed by atoms with Gasteiger partial charge in [0.15, 0.2) is 6.61 Å². The van der Waals surface area contributed by atoms with Gasteiger partial charge in [-0.05, 0) is 49.7 Å². The predicted octanol–water partition coefficient (Wildman–Crippen LogP) is 1.74. The summed E-state index contributed by atoms with van der Waals surface area (Å²) in [5.41, 5.74) is 0. The van der Waals surface area contributed by atoms with Crippen LogP contribution in [-0.2, 0) is 4.79 Å². The summed E-state index contributed by atoms with van der Waals surface area (Å²) in [4.78, 5) is 11.8. The van der Waals surface area contributed by atoms with Crippen LogP contribution in [0.2, 0.25) is 0 Å². The average Bonchev–Trinajstić information content (AvgIpc) is 2.41. The molecular weight excluding hydrogens is 283 g/mol. The molecule has 1 aromatic carbocycles. The highest BCUT2D eigenvalue weighted by Crippen LogP contribution is 2.12. The number of rotatable bonds is 4. The number of benzene rings is 1. The van der Waals surface area contributed by atoms with Gasteiger partial charge in [-0.1, -0.05) is 6.92 Å². The summed E-state index contributed by atoms with van der Waals surface area (Å²) < 4.78 is 18.0. The summed E-state index contributed by atoms with van der Waals surface area (Å²) >= 11 is 0. The van der Waals surface area contributed by atoms with E-state index in [1.54, 1.807) is 0 Å². The molecule has 112 valence electrons. The van der Waals surface area contributed by atoms with Gasteiger partial charge in [-0.2, -0.15) is 0 Å². The summed E-state index contributed by atoms with van der Waals surface area (Å²) in [5.74, 6) is 0.460. The van der Waals surface area contributed by atoms with Crippen molar-refractivity contribution in [1.82, 2.24) is 10.6 Å². The van der Waals surface area contributed by atoms with Gasteiger partial charge < -0.3 is 15.4 Å². The minimum Gasteiger partial charge on any atom is -0.484 e. The van der Waals surface area contributed by atoms with E-state index in [-0.39, 0.29) is 36.8 Å². The predicted molar refractivity (Wildman–Crippen MR) is 77.7 cm³/mol. The lowest BCUT2D eigenvalue weighted by molar-refractivity contribution is -0.124. The molecule has 0 aliphatic carbocycles. The topological polar surface area (TPSA) is 50.4 Å². The molecule has 0 aromatic heterocycles. The van der Waals surface area contributed by atoms with Crippen LogP contribution in [0, 0.1) is 11.7 Å². The zero-order valence-corrected chi connectivity index (χ0v) is 12.2. The average molecular weight is 303 g/mol.